The van der Waals surface area contributed by atoms with Crippen molar-refractivity contribution in [3.63, 3.8) is 0 Å². The number of thiophene rings is 1. The minimum absolute atomic E-state index is 0.620. The third-order valence-electron chi connectivity index (χ3n) is 1.60. The Morgan fingerprint density at radius 2 is 2.50 bits per heavy atom. The average Bonchev–Trinajstić information content (AvgIpc) is 2.58. The van der Waals surface area contributed by atoms with Gasteiger partial charge in [0.15, 0.2) is 0 Å². The molecule has 0 aromatic carbocycles. The van der Waals surface area contributed by atoms with Gasteiger partial charge in [-0.15, -0.1) is 11.3 Å². The molecule has 0 atom stereocenters. The van der Waals surface area contributed by atoms with E-state index in [-0.39, 0.29) is 0 Å². The van der Waals surface area contributed by atoms with E-state index in [1.54, 1.807) is 11.3 Å². The van der Waals surface area contributed by atoms with E-state index < -0.39 is 0 Å². The van der Waals surface area contributed by atoms with Crippen molar-refractivity contribution in [3.05, 3.63) is 28.0 Å². The summed E-state index contributed by atoms with van der Waals surface area (Å²) in [5.74, 6) is 0. The van der Waals surface area contributed by atoms with Gasteiger partial charge in [-0.2, -0.15) is 5.26 Å². The Labute approximate surface area is 75.9 Å². The van der Waals surface area contributed by atoms with Gasteiger partial charge in [-0.05, 0) is 17.9 Å². The molecule has 12 heavy (non-hydrogen) atoms. The summed E-state index contributed by atoms with van der Waals surface area (Å²) in [6, 6.07) is 5.95. The molecule has 0 aliphatic carbocycles. The maximum absolute atomic E-state index is 8.71. The molecule has 1 rings (SSSR count). The van der Waals surface area contributed by atoms with Crippen LogP contribution in [0.4, 0.5) is 0 Å². The van der Waals surface area contributed by atoms with Crippen LogP contribution in [0.2, 0.25) is 0 Å². The second-order valence-corrected chi connectivity index (χ2v) is 3.28. The lowest BCUT2D eigenvalue weighted by atomic mass is 10.1. The van der Waals surface area contributed by atoms with E-state index in [4.69, 9.17) is 11.0 Å². The topological polar surface area (TPSA) is 49.8 Å². The molecule has 1 heterocycles. The number of hydrogen-bond acceptors (Lipinski definition) is 3. The maximum atomic E-state index is 8.71. The number of allylic oxidation sites excluding steroid dienone is 1. The van der Waals surface area contributed by atoms with Crippen molar-refractivity contribution in [1.82, 2.24) is 0 Å². The zero-order valence-electron chi connectivity index (χ0n) is 6.87. The molecule has 1 aromatic heterocycles. The predicted molar refractivity (Wildman–Crippen MR) is 51.3 cm³/mol. The molecule has 3 heteroatoms. The van der Waals surface area contributed by atoms with Crippen molar-refractivity contribution < 1.29 is 0 Å². The Bertz CT molecular complexity index is 317. The fraction of sp³-hybridized carbons (Fsp3) is 0.222. The Morgan fingerprint density at radius 1 is 1.75 bits per heavy atom. The Balaban J connectivity index is 3.05. The second-order valence-electron chi connectivity index (χ2n) is 2.33. The van der Waals surface area contributed by atoms with Gasteiger partial charge in [-0.25, -0.2) is 0 Å². The maximum Gasteiger partial charge on any atom is 0.0969 e. The molecule has 62 valence electrons. The summed E-state index contributed by atoms with van der Waals surface area (Å²) in [5.41, 5.74) is 7.06. The van der Waals surface area contributed by atoms with E-state index in [1.807, 2.05) is 24.4 Å². The van der Waals surface area contributed by atoms with Crippen LogP contribution in [-0.4, -0.2) is 0 Å². The van der Waals surface area contributed by atoms with Crippen molar-refractivity contribution in [2.45, 2.75) is 13.3 Å². The fourth-order valence-electron chi connectivity index (χ4n) is 0.910. The average molecular weight is 178 g/mol. The van der Waals surface area contributed by atoms with Crippen molar-refractivity contribution in [1.29, 1.82) is 5.26 Å². The molecule has 0 fully saturated rings. The van der Waals surface area contributed by atoms with Crippen LogP contribution in [-0.2, 0) is 0 Å². The van der Waals surface area contributed by atoms with Gasteiger partial charge in [0.1, 0.15) is 0 Å². The van der Waals surface area contributed by atoms with Crippen molar-refractivity contribution in [2.24, 2.45) is 5.73 Å². The minimum Gasteiger partial charge on any atom is -0.397 e. The molecule has 0 radical (unpaired) electrons. The SMILES string of the molecule is CC/C(C#N)=C(/N)c1cccs1. The highest BCUT2D eigenvalue weighted by molar-refractivity contribution is 7.11. The third kappa shape index (κ3) is 1.66. The smallest absolute Gasteiger partial charge is 0.0969 e. The molecular weight excluding hydrogens is 168 g/mol. The molecule has 0 saturated carbocycles. The molecule has 2 nitrogen and oxygen atoms in total. The summed E-state index contributed by atoms with van der Waals surface area (Å²) in [5, 5.41) is 10.7. The second kappa shape index (κ2) is 3.93. The highest BCUT2D eigenvalue weighted by Crippen LogP contribution is 2.19. The van der Waals surface area contributed by atoms with Crippen LogP contribution in [0.25, 0.3) is 5.70 Å². The number of nitrogens with two attached hydrogens (primary N) is 1. The first-order valence-corrected chi connectivity index (χ1v) is 4.60. The van der Waals surface area contributed by atoms with Crippen LogP contribution in [0.3, 0.4) is 0 Å². The van der Waals surface area contributed by atoms with E-state index in [1.165, 1.54) is 0 Å². The minimum atomic E-state index is 0.620. The van der Waals surface area contributed by atoms with Gasteiger partial charge in [0.25, 0.3) is 0 Å². The molecule has 2 N–H and O–H groups in total. The molecule has 0 spiro atoms. The van der Waals surface area contributed by atoms with Gasteiger partial charge < -0.3 is 5.73 Å². The fourth-order valence-corrected chi connectivity index (χ4v) is 1.62. The van der Waals surface area contributed by atoms with Crippen LogP contribution in [0.1, 0.15) is 18.2 Å². The molecule has 0 bridgehead atoms. The highest BCUT2D eigenvalue weighted by atomic mass is 32.1. The summed E-state index contributed by atoms with van der Waals surface area (Å²) in [4.78, 5) is 0.980. The number of rotatable bonds is 2. The van der Waals surface area contributed by atoms with E-state index in [2.05, 4.69) is 6.07 Å². The first kappa shape index (κ1) is 8.82. The van der Waals surface area contributed by atoms with Gasteiger partial charge in [-0.1, -0.05) is 13.0 Å². The summed E-state index contributed by atoms with van der Waals surface area (Å²) < 4.78 is 0. The lowest BCUT2D eigenvalue weighted by molar-refractivity contribution is 1.15. The van der Waals surface area contributed by atoms with Crippen LogP contribution >= 0.6 is 11.3 Å². The lowest BCUT2D eigenvalue weighted by Gasteiger charge is -1.99. The molecule has 0 aliphatic heterocycles. The lowest BCUT2D eigenvalue weighted by Crippen LogP contribution is -1.97. The van der Waals surface area contributed by atoms with Gasteiger partial charge >= 0.3 is 0 Å². The summed E-state index contributed by atoms with van der Waals surface area (Å²) in [7, 11) is 0. The number of nitrogens with zero attached hydrogens (tertiary/aromatic N) is 1. The van der Waals surface area contributed by atoms with E-state index in [9.17, 15) is 0 Å². The molecule has 0 amide bonds. The van der Waals surface area contributed by atoms with Crippen LogP contribution in [0, 0.1) is 11.3 Å². The van der Waals surface area contributed by atoms with Gasteiger partial charge in [0.2, 0.25) is 0 Å². The summed E-state index contributed by atoms with van der Waals surface area (Å²) in [6.45, 7) is 1.93. The molecule has 0 aliphatic rings. The van der Waals surface area contributed by atoms with Crippen molar-refractivity contribution in [3.8, 4) is 6.07 Å². The van der Waals surface area contributed by atoms with Gasteiger partial charge in [-0.3, -0.25) is 0 Å². The zero-order valence-corrected chi connectivity index (χ0v) is 7.69. The van der Waals surface area contributed by atoms with Crippen LogP contribution < -0.4 is 5.73 Å². The molecule has 0 unspecified atom stereocenters. The molecule has 0 saturated heterocycles. The molecule has 1 aromatic rings. The van der Waals surface area contributed by atoms with Crippen LogP contribution in [0.15, 0.2) is 23.1 Å². The van der Waals surface area contributed by atoms with Gasteiger partial charge in [0.05, 0.1) is 22.2 Å². The normalized spacial score (nSPS) is 12.0. The van der Waals surface area contributed by atoms with Crippen LogP contribution in [0.5, 0.6) is 0 Å². The zero-order chi connectivity index (χ0) is 8.97. The largest absolute Gasteiger partial charge is 0.397 e. The quantitative estimate of drug-likeness (QED) is 0.707. The van der Waals surface area contributed by atoms with Crippen molar-refractivity contribution in [2.75, 3.05) is 0 Å². The van der Waals surface area contributed by atoms with Crippen molar-refractivity contribution >= 4 is 17.0 Å². The number of hydrogen-bond donors (Lipinski definition) is 1. The Kier molecular flexibility index (Phi) is 2.89. The number of nitriles is 1. The predicted octanol–water partition coefficient (Wildman–Crippen LogP) is 2.35. The summed E-state index contributed by atoms with van der Waals surface area (Å²) >= 11 is 1.56. The van der Waals surface area contributed by atoms with E-state index >= 15 is 0 Å². The third-order valence-corrected chi connectivity index (χ3v) is 2.50. The standard InChI is InChI=1S/C9H10N2S/c1-2-7(6-10)9(11)8-4-3-5-12-8/h3-5H,2,11H2,1H3/b9-7-. The highest BCUT2D eigenvalue weighted by Gasteiger charge is 2.03. The Morgan fingerprint density at radius 3 is 2.92 bits per heavy atom. The Hall–Kier alpha value is -1.27. The van der Waals surface area contributed by atoms with E-state index in [0.29, 0.717) is 17.7 Å². The first-order chi connectivity index (χ1) is 5.79. The monoisotopic (exact) mass is 178 g/mol. The van der Waals surface area contributed by atoms with E-state index in [0.717, 1.165) is 4.88 Å². The van der Waals surface area contributed by atoms with Gasteiger partial charge in [0, 0.05) is 0 Å². The molecular formula is C9H10N2S. The first-order valence-electron chi connectivity index (χ1n) is 3.72. The summed E-state index contributed by atoms with van der Waals surface area (Å²) in [6.07, 6.45) is 0.695.